The van der Waals surface area contributed by atoms with Crippen LogP contribution >= 0.6 is 0 Å². The molecule has 4 rings (SSSR count). The number of allylic oxidation sites excluding steroid dienone is 8. The summed E-state index contributed by atoms with van der Waals surface area (Å²) in [5.74, 6) is -1.21. The molecule has 0 fully saturated rings. The normalized spacial score (nSPS) is 20.8. The summed E-state index contributed by atoms with van der Waals surface area (Å²) in [6.07, 6.45) is 18.6. The van der Waals surface area contributed by atoms with Gasteiger partial charge in [0.1, 0.15) is 18.0 Å². The number of carbonyl (C=O) groups is 1. The number of fused-ring (bicyclic) bond motifs is 2. The van der Waals surface area contributed by atoms with Gasteiger partial charge < -0.3 is 20.2 Å². The number of rotatable bonds is 21. The number of aliphatic carboxylic acids is 1. The summed E-state index contributed by atoms with van der Waals surface area (Å²) < 4.78 is 66.3. The molecule has 5 N–H and O–H groups in total. The van der Waals surface area contributed by atoms with Crippen LogP contribution < -0.4 is 4.90 Å². The largest absolute Gasteiger partial charge is 0.508 e. The van der Waals surface area contributed by atoms with E-state index in [-0.39, 0.29) is 35.8 Å². The van der Waals surface area contributed by atoms with Crippen LogP contribution in [0.2, 0.25) is 0 Å². The van der Waals surface area contributed by atoms with Gasteiger partial charge >= 0.3 is 5.97 Å². The van der Waals surface area contributed by atoms with Gasteiger partial charge in [-0.3, -0.25) is 13.9 Å². The van der Waals surface area contributed by atoms with Crippen molar-refractivity contribution in [1.82, 2.24) is 0 Å². The number of anilines is 1. The van der Waals surface area contributed by atoms with Gasteiger partial charge in [-0.15, -0.1) is 0 Å². The molecule has 0 bridgehead atoms. The first-order valence-corrected chi connectivity index (χ1v) is 22.1. The molecule has 2 heterocycles. The minimum absolute atomic E-state index is 0.102. The van der Waals surface area contributed by atoms with Crippen molar-refractivity contribution in [3.8, 4) is 11.5 Å². The van der Waals surface area contributed by atoms with Crippen LogP contribution in [0.25, 0.3) is 0 Å². The highest BCUT2D eigenvalue weighted by atomic mass is 32.2. The second-order valence-corrected chi connectivity index (χ2v) is 17.9. The average molecular weight is 800 g/mol. The lowest BCUT2D eigenvalue weighted by molar-refractivity contribution is -0.438. The van der Waals surface area contributed by atoms with E-state index in [1.165, 1.54) is 0 Å². The molecular formula is C41H55N2O10S2+. The Bertz CT molecular complexity index is 2090. The van der Waals surface area contributed by atoms with Crippen molar-refractivity contribution in [1.29, 1.82) is 0 Å². The first kappa shape index (κ1) is 43.5. The molecule has 2 atom stereocenters. The second-order valence-electron chi connectivity index (χ2n) is 14.7. The molecule has 2 aliphatic heterocycles. The number of phenolic OH excluding ortho intramolecular Hbond substituents is 2. The van der Waals surface area contributed by atoms with Crippen molar-refractivity contribution >= 4 is 43.3 Å². The van der Waals surface area contributed by atoms with Gasteiger partial charge in [0.15, 0.2) is 5.71 Å². The summed E-state index contributed by atoms with van der Waals surface area (Å²) in [5, 5.41) is 29.9. The quantitative estimate of drug-likeness (QED) is 0.0362. The van der Waals surface area contributed by atoms with Gasteiger partial charge in [-0.1, -0.05) is 43.2 Å². The van der Waals surface area contributed by atoms with Crippen molar-refractivity contribution in [2.24, 2.45) is 0 Å². The zero-order chi connectivity index (χ0) is 40.4. The fourth-order valence-electron chi connectivity index (χ4n) is 7.92. The number of aromatic hydroxyl groups is 2. The molecule has 14 heteroatoms. The predicted octanol–water partition coefficient (Wildman–Crippen LogP) is 7.57. The fourth-order valence-corrected chi connectivity index (χ4v) is 9.06. The molecule has 12 nitrogen and oxygen atoms in total. The molecule has 55 heavy (non-hydrogen) atoms. The van der Waals surface area contributed by atoms with Gasteiger partial charge in [0, 0.05) is 53.9 Å². The Hall–Kier alpha value is -4.24. The third-order valence-corrected chi connectivity index (χ3v) is 12.3. The van der Waals surface area contributed by atoms with E-state index in [1.54, 1.807) is 24.3 Å². The summed E-state index contributed by atoms with van der Waals surface area (Å²) in [5.41, 5.74) is 4.64. The van der Waals surface area contributed by atoms with Crippen molar-refractivity contribution in [3.05, 3.63) is 95.8 Å². The minimum atomic E-state index is -4.10. The Balaban J connectivity index is 1.60. The monoisotopic (exact) mass is 799 g/mol. The molecule has 0 aliphatic carbocycles. The van der Waals surface area contributed by atoms with E-state index < -0.39 is 37.0 Å². The Labute approximate surface area is 325 Å². The van der Waals surface area contributed by atoms with E-state index in [1.807, 2.05) is 61.6 Å². The van der Waals surface area contributed by atoms with Crippen LogP contribution in [0.3, 0.4) is 0 Å². The Kier molecular flexibility index (Phi) is 14.7. The van der Waals surface area contributed by atoms with E-state index in [2.05, 4.69) is 23.3 Å². The van der Waals surface area contributed by atoms with E-state index in [0.717, 1.165) is 46.8 Å². The van der Waals surface area contributed by atoms with Crippen LogP contribution in [-0.4, -0.2) is 82.1 Å². The van der Waals surface area contributed by atoms with Crippen LogP contribution in [0.15, 0.2) is 84.6 Å². The zero-order valence-electron chi connectivity index (χ0n) is 31.9. The minimum Gasteiger partial charge on any atom is -0.508 e. The number of benzene rings is 2. The molecule has 0 saturated heterocycles. The number of unbranched alkanes of at least 4 members (excludes halogenated alkanes) is 4. The molecule has 0 spiro atoms. The lowest BCUT2D eigenvalue weighted by Crippen LogP contribution is -2.31. The lowest BCUT2D eigenvalue weighted by atomic mass is 9.75. The third-order valence-electron chi connectivity index (χ3n) is 10.6. The summed E-state index contributed by atoms with van der Waals surface area (Å²) in [4.78, 5) is 13.2. The predicted molar refractivity (Wildman–Crippen MR) is 216 cm³/mol. The van der Waals surface area contributed by atoms with Gasteiger partial charge in [0.25, 0.3) is 20.2 Å². The van der Waals surface area contributed by atoms with Crippen molar-refractivity contribution in [2.45, 2.75) is 95.8 Å². The van der Waals surface area contributed by atoms with Gasteiger partial charge in [-0.2, -0.15) is 21.4 Å². The zero-order valence-corrected chi connectivity index (χ0v) is 33.5. The standard InChI is InChI=1S/C41H54N2O10S2/c1-4-42-35-22-20-31(44)29-33(35)40(2,24-12-15-27-54(48,49)50)37(42)17-9-6-5-7-10-18-38-41(3,25-13-16-28-55(51,52)53)34-30-32(45)21-23-36(34)43(38)26-14-8-11-19-39(46)47/h5-7,9-10,17-18,20-23,29-30H,4,8,11-16,19,24-28H2,1-3H3,(H4-,44,45,46,47,48,49,50,51,52,53)/p+1. The van der Waals surface area contributed by atoms with Gasteiger partial charge in [-0.05, 0) is 101 Å². The number of carboxylic acid groups (broad SMARTS) is 1. The number of carboxylic acids is 1. The van der Waals surface area contributed by atoms with Gasteiger partial charge in [-0.25, -0.2) is 0 Å². The topological polar surface area (TPSA) is 193 Å². The second kappa shape index (κ2) is 18.6. The third kappa shape index (κ3) is 11.4. The molecule has 0 radical (unpaired) electrons. The van der Waals surface area contributed by atoms with Crippen LogP contribution in [0, 0.1) is 0 Å². The first-order valence-electron chi connectivity index (χ1n) is 18.8. The number of hydrogen-bond donors (Lipinski definition) is 5. The molecular weight excluding hydrogens is 745 g/mol. The molecule has 0 amide bonds. The lowest BCUT2D eigenvalue weighted by Gasteiger charge is -2.30. The number of likely N-dealkylation sites (N-methyl/N-ethyl adjacent to an activating group) is 1. The number of hydrogen-bond acceptors (Lipinski definition) is 8. The highest BCUT2D eigenvalue weighted by molar-refractivity contribution is 7.86. The van der Waals surface area contributed by atoms with Crippen molar-refractivity contribution in [2.75, 3.05) is 29.5 Å². The molecule has 0 aromatic heterocycles. The van der Waals surface area contributed by atoms with Gasteiger partial charge in [0.05, 0.1) is 16.9 Å². The van der Waals surface area contributed by atoms with E-state index in [4.69, 9.17) is 5.11 Å². The maximum absolute atomic E-state index is 11.4. The number of nitrogens with zero attached hydrogens (tertiary/aromatic N) is 2. The highest BCUT2D eigenvalue weighted by Gasteiger charge is 2.47. The molecule has 2 aliphatic rings. The Morgan fingerprint density at radius 2 is 1.33 bits per heavy atom. The Morgan fingerprint density at radius 1 is 0.745 bits per heavy atom. The van der Waals surface area contributed by atoms with Crippen LogP contribution in [0.1, 0.15) is 96.1 Å². The summed E-state index contributed by atoms with van der Waals surface area (Å²) in [7, 11) is -8.16. The maximum Gasteiger partial charge on any atom is 0.303 e. The van der Waals surface area contributed by atoms with Crippen LogP contribution in [-0.2, 0) is 35.9 Å². The molecule has 2 unspecified atom stereocenters. The average Bonchev–Trinajstić information content (AvgIpc) is 3.46. The number of phenols is 2. The fraction of sp³-hybridized carbons (Fsp3) is 0.463. The highest BCUT2D eigenvalue weighted by Crippen LogP contribution is 2.51. The van der Waals surface area contributed by atoms with Crippen LogP contribution in [0.5, 0.6) is 11.5 Å². The molecule has 300 valence electrons. The van der Waals surface area contributed by atoms with E-state index in [9.17, 15) is 40.9 Å². The maximum atomic E-state index is 11.4. The molecule has 0 saturated carbocycles. The summed E-state index contributed by atoms with van der Waals surface area (Å²) in [6, 6.07) is 10.6. The molecule has 2 aromatic rings. The summed E-state index contributed by atoms with van der Waals surface area (Å²) >= 11 is 0. The smallest absolute Gasteiger partial charge is 0.303 e. The first-order chi connectivity index (χ1) is 25.9. The Morgan fingerprint density at radius 3 is 1.95 bits per heavy atom. The SMILES string of the molecule is CCN1/C(=C/C=C/C=C/C=C/C2=[N+](CCCCCC(=O)O)c3ccc(O)cc3C2(C)CCCCS(=O)(=O)O)C(C)(CCCCS(=O)(=O)O)c2cc(O)ccc21. The van der Waals surface area contributed by atoms with Crippen molar-refractivity contribution < 1.29 is 50.6 Å². The van der Waals surface area contributed by atoms with Crippen molar-refractivity contribution in [3.63, 3.8) is 0 Å². The van der Waals surface area contributed by atoms with E-state index in [0.29, 0.717) is 51.6 Å². The van der Waals surface area contributed by atoms with E-state index >= 15 is 0 Å². The summed E-state index contributed by atoms with van der Waals surface area (Å²) in [6.45, 7) is 7.50. The molecule has 2 aromatic carbocycles. The van der Waals surface area contributed by atoms with Crippen LogP contribution in [0.4, 0.5) is 11.4 Å². The van der Waals surface area contributed by atoms with Gasteiger partial charge in [0.2, 0.25) is 5.69 Å².